The molecule has 1 aliphatic heterocycles. The molecule has 1 N–H and O–H groups in total. The molecule has 0 aliphatic carbocycles. The number of hydrogen-bond donors (Lipinski definition) is 1. The molecule has 2 nitrogen and oxygen atoms in total. The van der Waals surface area contributed by atoms with Gasteiger partial charge in [-0.15, -0.1) is 0 Å². The topological polar surface area (TPSA) is 23.5 Å². The fourth-order valence-corrected chi connectivity index (χ4v) is 1.66. The molecule has 0 aromatic heterocycles. The van der Waals surface area contributed by atoms with Crippen LogP contribution >= 0.6 is 0 Å². The minimum Gasteiger partial charge on any atom is -0.388 e. The number of hydrogen-bond acceptors (Lipinski definition) is 2. The minimum absolute atomic E-state index is 0.270. The summed E-state index contributed by atoms with van der Waals surface area (Å²) in [5.41, 5.74) is 1.37. The Balaban J connectivity index is 2.67. The predicted octanol–water partition coefficient (Wildman–Crippen LogP) is 1.65. The van der Waals surface area contributed by atoms with Crippen LogP contribution in [0.5, 0.6) is 0 Å². The average Bonchev–Trinajstić information content (AvgIpc) is 2.03. The molecule has 1 rings (SSSR count). The van der Waals surface area contributed by atoms with Crippen LogP contribution in [0.25, 0.3) is 0 Å². The number of β-amino-alcohol motifs (C(OH)–C–C–N with tert-alkyl or cyclic N) is 1. The van der Waals surface area contributed by atoms with E-state index in [4.69, 9.17) is 0 Å². The van der Waals surface area contributed by atoms with Gasteiger partial charge < -0.3 is 5.11 Å². The molecule has 0 radical (unpaired) electrons. The molecule has 0 fully saturated rings. The van der Waals surface area contributed by atoms with Gasteiger partial charge in [-0.05, 0) is 19.8 Å². The second-order valence-electron chi connectivity index (χ2n) is 4.49. The van der Waals surface area contributed by atoms with Crippen molar-refractivity contribution >= 4 is 0 Å². The quantitative estimate of drug-likeness (QED) is 0.658. The maximum absolute atomic E-state index is 9.63. The van der Waals surface area contributed by atoms with Crippen molar-refractivity contribution in [2.75, 3.05) is 13.1 Å². The van der Waals surface area contributed by atoms with E-state index in [9.17, 15) is 5.11 Å². The average molecular weight is 183 g/mol. The Morgan fingerprint density at radius 1 is 1.38 bits per heavy atom. The van der Waals surface area contributed by atoms with E-state index in [2.05, 4.69) is 32.6 Å². The zero-order valence-corrected chi connectivity index (χ0v) is 9.12. The van der Waals surface area contributed by atoms with E-state index < -0.39 is 0 Å². The molecular formula is C11H21NO. The van der Waals surface area contributed by atoms with Gasteiger partial charge in [0.1, 0.15) is 0 Å². The molecule has 1 unspecified atom stereocenters. The van der Waals surface area contributed by atoms with Crippen molar-refractivity contribution in [3.05, 3.63) is 11.6 Å². The van der Waals surface area contributed by atoms with Gasteiger partial charge in [0.15, 0.2) is 0 Å². The summed E-state index contributed by atoms with van der Waals surface area (Å²) in [7, 11) is 0. The summed E-state index contributed by atoms with van der Waals surface area (Å²) in [6.45, 7) is 10.5. The molecule has 1 heterocycles. The maximum Gasteiger partial charge on any atom is 0.0851 e. The standard InChI is InChI=1S/C11H21NO/c1-8(2)10-5-11(13)7-12(6-10)9(3)4/h5,8-9,11,13H,6-7H2,1-4H3. The summed E-state index contributed by atoms with van der Waals surface area (Å²) in [5, 5.41) is 9.63. The summed E-state index contributed by atoms with van der Waals surface area (Å²) in [4.78, 5) is 2.32. The molecule has 0 amide bonds. The third kappa shape index (κ3) is 2.82. The predicted molar refractivity (Wildman–Crippen MR) is 55.6 cm³/mol. The van der Waals surface area contributed by atoms with Crippen molar-refractivity contribution in [3.63, 3.8) is 0 Å². The molecule has 0 bridgehead atoms. The number of aliphatic hydroxyl groups is 1. The van der Waals surface area contributed by atoms with Crippen molar-refractivity contribution in [2.24, 2.45) is 5.92 Å². The maximum atomic E-state index is 9.63. The SMILES string of the molecule is CC(C)C1=CC(O)CN(C(C)C)C1. The van der Waals surface area contributed by atoms with E-state index in [0.29, 0.717) is 12.0 Å². The van der Waals surface area contributed by atoms with Gasteiger partial charge in [0.2, 0.25) is 0 Å². The molecule has 2 heteroatoms. The van der Waals surface area contributed by atoms with Gasteiger partial charge in [-0.25, -0.2) is 0 Å². The summed E-state index contributed by atoms with van der Waals surface area (Å²) in [6, 6.07) is 0.525. The summed E-state index contributed by atoms with van der Waals surface area (Å²) < 4.78 is 0. The van der Waals surface area contributed by atoms with Crippen molar-refractivity contribution in [3.8, 4) is 0 Å². The smallest absolute Gasteiger partial charge is 0.0851 e. The first-order valence-electron chi connectivity index (χ1n) is 5.13. The van der Waals surface area contributed by atoms with Gasteiger partial charge >= 0.3 is 0 Å². The molecule has 1 aliphatic rings. The third-order valence-corrected chi connectivity index (χ3v) is 2.69. The van der Waals surface area contributed by atoms with Crippen molar-refractivity contribution in [1.29, 1.82) is 0 Å². The highest BCUT2D eigenvalue weighted by molar-refractivity contribution is 5.14. The van der Waals surface area contributed by atoms with Crippen LogP contribution in [0.2, 0.25) is 0 Å². The lowest BCUT2D eigenvalue weighted by Gasteiger charge is -2.34. The van der Waals surface area contributed by atoms with Gasteiger partial charge in [-0.2, -0.15) is 0 Å². The Morgan fingerprint density at radius 2 is 2.00 bits per heavy atom. The van der Waals surface area contributed by atoms with Gasteiger partial charge in [0.05, 0.1) is 6.10 Å². The second kappa shape index (κ2) is 4.25. The zero-order chi connectivity index (χ0) is 10.0. The molecule has 76 valence electrons. The van der Waals surface area contributed by atoms with Gasteiger partial charge in [-0.3, -0.25) is 4.90 Å². The molecule has 0 aromatic carbocycles. The first-order valence-corrected chi connectivity index (χ1v) is 5.13. The van der Waals surface area contributed by atoms with Gasteiger partial charge in [-0.1, -0.05) is 25.5 Å². The Labute approximate surface area is 81.2 Å². The van der Waals surface area contributed by atoms with Gasteiger partial charge in [0.25, 0.3) is 0 Å². The van der Waals surface area contributed by atoms with Crippen LogP contribution in [0.1, 0.15) is 27.7 Å². The summed E-state index contributed by atoms with van der Waals surface area (Å²) in [5.74, 6) is 0.552. The van der Waals surface area contributed by atoms with E-state index in [1.807, 2.05) is 6.08 Å². The molecule has 13 heavy (non-hydrogen) atoms. The van der Waals surface area contributed by atoms with Crippen LogP contribution in [0.3, 0.4) is 0 Å². The molecular weight excluding hydrogens is 162 g/mol. The van der Waals surface area contributed by atoms with Gasteiger partial charge in [0, 0.05) is 19.1 Å². The fourth-order valence-electron chi connectivity index (χ4n) is 1.66. The van der Waals surface area contributed by atoms with Crippen molar-refractivity contribution in [2.45, 2.75) is 39.8 Å². The van der Waals surface area contributed by atoms with E-state index in [1.165, 1.54) is 5.57 Å². The van der Waals surface area contributed by atoms with Crippen LogP contribution in [-0.2, 0) is 0 Å². The highest BCUT2D eigenvalue weighted by atomic mass is 16.3. The third-order valence-electron chi connectivity index (χ3n) is 2.69. The molecule has 0 saturated heterocycles. The number of aliphatic hydroxyl groups excluding tert-OH is 1. The van der Waals surface area contributed by atoms with Crippen LogP contribution in [0, 0.1) is 5.92 Å². The lowest BCUT2D eigenvalue weighted by molar-refractivity contribution is 0.116. The van der Waals surface area contributed by atoms with E-state index in [-0.39, 0.29) is 6.10 Å². The highest BCUT2D eigenvalue weighted by Gasteiger charge is 2.21. The first-order chi connectivity index (χ1) is 6.00. The van der Waals surface area contributed by atoms with Crippen LogP contribution in [0.4, 0.5) is 0 Å². The Morgan fingerprint density at radius 3 is 2.46 bits per heavy atom. The number of nitrogens with zero attached hydrogens (tertiary/aromatic N) is 1. The summed E-state index contributed by atoms with van der Waals surface area (Å²) >= 11 is 0. The Hall–Kier alpha value is -0.340. The molecule has 0 spiro atoms. The van der Waals surface area contributed by atoms with Crippen LogP contribution in [-0.4, -0.2) is 35.2 Å². The monoisotopic (exact) mass is 183 g/mol. The van der Waals surface area contributed by atoms with E-state index in [1.54, 1.807) is 0 Å². The Kier molecular flexibility index (Phi) is 3.51. The molecule has 0 saturated carbocycles. The van der Waals surface area contributed by atoms with E-state index in [0.717, 1.165) is 13.1 Å². The fraction of sp³-hybridized carbons (Fsp3) is 0.818. The highest BCUT2D eigenvalue weighted by Crippen LogP contribution is 2.19. The first kappa shape index (κ1) is 10.7. The molecule has 0 aromatic rings. The molecule has 1 atom stereocenters. The van der Waals surface area contributed by atoms with Crippen LogP contribution in [0.15, 0.2) is 11.6 Å². The van der Waals surface area contributed by atoms with Crippen molar-refractivity contribution < 1.29 is 5.11 Å². The lowest BCUT2D eigenvalue weighted by Crippen LogP contribution is -2.42. The zero-order valence-electron chi connectivity index (χ0n) is 9.12. The minimum atomic E-state index is -0.270. The van der Waals surface area contributed by atoms with E-state index >= 15 is 0 Å². The lowest BCUT2D eigenvalue weighted by atomic mass is 9.97. The van der Waals surface area contributed by atoms with Crippen molar-refractivity contribution in [1.82, 2.24) is 4.90 Å². The number of rotatable bonds is 2. The largest absolute Gasteiger partial charge is 0.388 e. The Bertz CT molecular complexity index is 196. The summed E-state index contributed by atoms with van der Waals surface area (Å²) in [6.07, 6.45) is 1.75. The normalized spacial score (nSPS) is 25.5. The second-order valence-corrected chi connectivity index (χ2v) is 4.49. The van der Waals surface area contributed by atoms with Crippen LogP contribution < -0.4 is 0 Å².